The van der Waals surface area contributed by atoms with Crippen LogP contribution < -0.4 is 5.32 Å². The third kappa shape index (κ3) is 4.25. The molecule has 0 spiro atoms. The van der Waals surface area contributed by atoms with Crippen LogP contribution in [0.2, 0.25) is 0 Å². The summed E-state index contributed by atoms with van der Waals surface area (Å²) < 4.78 is 41.0. The number of benzene rings is 2. The molecule has 0 saturated heterocycles. The van der Waals surface area contributed by atoms with Gasteiger partial charge < -0.3 is 9.88 Å². The Hall–Kier alpha value is -2.67. The predicted molar refractivity (Wildman–Crippen MR) is 106 cm³/mol. The van der Waals surface area contributed by atoms with Gasteiger partial charge in [0.05, 0.1) is 9.79 Å². The minimum Gasteiger partial charge on any atom is -0.355 e. The Bertz CT molecular complexity index is 1090. The molecule has 0 aliphatic rings. The first kappa shape index (κ1) is 20.1. The summed E-state index contributed by atoms with van der Waals surface area (Å²) in [6, 6.07) is 11.8. The van der Waals surface area contributed by atoms with Gasteiger partial charge in [-0.2, -0.15) is 0 Å². The van der Waals surface area contributed by atoms with E-state index in [1.54, 1.807) is 28.8 Å². The van der Waals surface area contributed by atoms with E-state index >= 15 is 0 Å². The maximum Gasteiger partial charge on any atom is 0.239 e. The molecule has 0 saturated carbocycles. The molecule has 3 aromatic rings. The van der Waals surface area contributed by atoms with Gasteiger partial charge in [-0.15, -0.1) is 0 Å². The van der Waals surface area contributed by atoms with Gasteiger partial charge in [-0.1, -0.05) is 32.0 Å². The molecule has 0 atom stereocenters. The molecule has 1 heterocycles. The van der Waals surface area contributed by atoms with E-state index < -0.39 is 15.7 Å². The van der Waals surface area contributed by atoms with Gasteiger partial charge in [0.15, 0.2) is 0 Å². The molecule has 1 aromatic heterocycles. The highest BCUT2D eigenvalue weighted by Crippen LogP contribution is 2.30. The van der Waals surface area contributed by atoms with Crippen LogP contribution in [-0.4, -0.2) is 25.4 Å². The zero-order valence-electron chi connectivity index (χ0n) is 15.9. The summed E-state index contributed by atoms with van der Waals surface area (Å²) in [6.45, 7) is 4.77. The van der Waals surface area contributed by atoms with Crippen LogP contribution in [0.5, 0.6) is 0 Å². The summed E-state index contributed by atoms with van der Waals surface area (Å²) >= 11 is 0. The summed E-state index contributed by atoms with van der Waals surface area (Å²) in [6.07, 6.45) is 2.35. The number of amides is 1. The van der Waals surface area contributed by atoms with Crippen LogP contribution in [-0.2, 0) is 21.2 Å². The number of aromatic nitrogens is 1. The second-order valence-corrected chi connectivity index (χ2v) is 9.05. The lowest BCUT2D eigenvalue weighted by molar-refractivity contribution is -0.121. The molecular formula is C21H23FN2O3S. The van der Waals surface area contributed by atoms with E-state index in [0.29, 0.717) is 23.4 Å². The minimum absolute atomic E-state index is 0.0122. The van der Waals surface area contributed by atoms with E-state index in [0.717, 1.165) is 18.6 Å². The number of hydrogen-bond acceptors (Lipinski definition) is 3. The van der Waals surface area contributed by atoms with Crippen LogP contribution in [0.1, 0.15) is 20.3 Å². The van der Waals surface area contributed by atoms with Gasteiger partial charge in [0.25, 0.3) is 0 Å². The zero-order valence-corrected chi connectivity index (χ0v) is 16.7. The van der Waals surface area contributed by atoms with Crippen molar-refractivity contribution in [3.05, 3.63) is 60.5 Å². The van der Waals surface area contributed by atoms with E-state index in [1.165, 1.54) is 18.3 Å². The molecule has 1 amide bonds. The van der Waals surface area contributed by atoms with E-state index in [2.05, 4.69) is 19.2 Å². The molecule has 0 aliphatic heterocycles. The summed E-state index contributed by atoms with van der Waals surface area (Å²) in [5.41, 5.74) is 0.655. The monoisotopic (exact) mass is 402 g/mol. The van der Waals surface area contributed by atoms with Crippen LogP contribution in [0.25, 0.3) is 10.9 Å². The number of hydrogen-bond donors (Lipinski definition) is 1. The second-order valence-electron chi connectivity index (χ2n) is 7.13. The highest BCUT2D eigenvalue weighted by atomic mass is 32.2. The van der Waals surface area contributed by atoms with Crippen LogP contribution in [0.3, 0.4) is 0 Å². The predicted octanol–water partition coefficient (Wildman–Crippen LogP) is 3.78. The second kappa shape index (κ2) is 8.14. The molecule has 1 N–H and O–H groups in total. The van der Waals surface area contributed by atoms with E-state index in [1.807, 2.05) is 0 Å². The van der Waals surface area contributed by atoms with Crippen LogP contribution in [0, 0.1) is 11.7 Å². The number of nitrogens with one attached hydrogen (secondary N) is 1. The van der Waals surface area contributed by atoms with Crippen molar-refractivity contribution in [3.8, 4) is 0 Å². The molecule has 0 unspecified atom stereocenters. The molecule has 5 nitrogen and oxygen atoms in total. The van der Waals surface area contributed by atoms with Gasteiger partial charge in [0, 0.05) is 23.6 Å². The quantitative estimate of drug-likeness (QED) is 0.612. The first-order valence-electron chi connectivity index (χ1n) is 9.14. The molecule has 0 fully saturated rings. The van der Waals surface area contributed by atoms with Crippen LogP contribution in [0.15, 0.2) is 64.5 Å². The average Bonchev–Trinajstić information content (AvgIpc) is 3.01. The number of rotatable bonds is 7. The molecule has 0 bridgehead atoms. The Kier molecular flexibility index (Phi) is 5.84. The molecule has 28 heavy (non-hydrogen) atoms. The van der Waals surface area contributed by atoms with Crippen molar-refractivity contribution in [2.45, 2.75) is 36.6 Å². The fraction of sp³-hybridized carbons (Fsp3) is 0.286. The first-order chi connectivity index (χ1) is 13.3. The minimum atomic E-state index is -3.84. The van der Waals surface area contributed by atoms with Gasteiger partial charge in [0.2, 0.25) is 15.7 Å². The summed E-state index contributed by atoms with van der Waals surface area (Å²) in [7, 11) is -3.84. The Labute approximate surface area is 164 Å². The van der Waals surface area contributed by atoms with Crippen molar-refractivity contribution in [2.75, 3.05) is 6.54 Å². The number of para-hydroxylation sites is 1. The average molecular weight is 402 g/mol. The smallest absolute Gasteiger partial charge is 0.239 e. The highest BCUT2D eigenvalue weighted by molar-refractivity contribution is 7.91. The molecule has 0 aliphatic carbocycles. The van der Waals surface area contributed by atoms with E-state index in [-0.39, 0.29) is 22.2 Å². The van der Waals surface area contributed by atoms with E-state index in [9.17, 15) is 17.6 Å². The van der Waals surface area contributed by atoms with Gasteiger partial charge in [-0.25, -0.2) is 12.8 Å². The third-order valence-electron chi connectivity index (χ3n) is 4.52. The molecule has 0 radical (unpaired) electrons. The summed E-state index contributed by atoms with van der Waals surface area (Å²) in [4.78, 5) is 12.4. The topological polar surface area (TPSA) is 68.2 Å². The van der Waals surface area contributed by atoms with Crippen LogP contribution >= 0.6 is 0 Å². The lowest BCUT2D eigenvalue weighted by Crippen LogP contribution is -2.28. The first-order valence-corrected chi connectivity index (χ1v) is 10.6. The maximum absolute atomic E-state index is 13.2. The van der Waals surface area contributed by atoms with Gasteiger partial charge in [-0.3, -0.25) is 4.79 Å². The number of carbonyl (C=O) groups is 1. The molecule has 3 rings (SSSR count). The molecule has 7 heteroatoms. The fourth-order valence-corrected chi connectivity index (χ4v) is 4.49. The number of fused-ring (bicyclic) bond motifs is 1. The normalized spacial score (nSPS) is 11.9. The van der Waals surface area contributed by atoms with Gasteiger partial charge in [0.1, 0.15) is 12.4 Å². The number of carbonyl (C=O) groups excluding carboxylic acids is 1. The molecular weight excluding hydrogens is 379 g/mol. The highest BCUT2D eigenvalue weighted by Gasteiger charge is 2.23. The lowest BCUT2D eigenvalue weighted by atomic mass is 10.1. The van der Waals surface area contributed by atoms with Crippen molar-refractivity contribution in [2.24, 2.45) is 5.92 Å². The zero-order chi connectivity index (χ0) is 20.3. The number of nitrogens with zero attached hydrogens (tertiary/aromatic N) is 1. The summed E-state index contributed by atoms with van der Waals surface area (Å²) in [5, 5.41) is 3.39. The Balaban J connectivity index is 1.95. The maximum atomic E-state index is 13.2. The SMILES string of the molecule is CC(C)CCNC(=O)Cn1cc(S(=O)(=O)c2ccc(F)cc2)c2ccccc21. The van der Waals surface area contributed by atoms with Crippen molar-refractivity contribution in [1.29, 1.82) is 0 Å². The van der Waals surface area contributed by atoms with Crippen molar-refractivity contribution in [1.82, 2.24) is 9.88 Å². The third-order valence-corrected chi connectivity index (χ3v) is 6.32. The van der Waals surface area contributed by atoms with Crippen molar-refractivity contribution in [3.63, 3.8) is 0 Å². The van der Waals surface area contributed by atoms with Crippen LogP contribution in [0.4, 0.5) is 4.39 Å². The number of sulfone groups is 1. The standard InChI is InChI=1S/C21H23FN2O3S/c1-15(2)11-12-23-21(25)14-24-13-20(18-5-3-4-6-19(18)24)28(26,27)17-9-7-16(22)8-10-17/h3-10,13,15H,11-12,14H2,1-2H3,(H,23,25). The fourth-order valence-electron chi connectivity index (χ4n) is 3.01. The molecule has 2 aromatic carbocycles. The van der Waals surface area contributed by atoms with Crippen molar-refractivity contribution < 1.29 is 17.6 Å². The Morgan fingerprint density at radius 2 is 1.79 bits per heavy atom. The van der Waals surface area contributed by atoms with Gasteiger partial charge >= 0.3 is 0 Å². The largest absolute Gasteiger partial charge is 0.355 e. The number of halogens is 1. The lowest BCUT2D eigenvalue weighted by Gasteiger charge is -2.08. The summed E-state index contributed by atoms with van der Waals surface area (Å²) in [5.74, 6) is -0.188. The van der Waals surface area contributed by atoms with E-state index in [4.69, 9.17) is 0 Å². The van der Waals surface area contributed by atoms with Gasteiger partial charge in [-0.05, 0) is 42.7 Å². The Morgan fingerprint density at radius 1 is 1.11 bits per heavy atom. The van der Waals surface area contributed by atoms with Crippen molar-refractivity contribution >= 4 is 26.6 Å². The molecule has 148 valence electrons. The Morgan fingerprint density at radius 3 is 2.46 bits per heavy atom.